The van der Waals surface area contributed by atoms with Crippen LogP contribution in [0.15, 0.2) is 18.3 Å². The van der Waals surface area contributed by atoms with Crippen molar-refractivity contribution < 1.29 is 9.90 Å². The monoisotopic (exact) mass is 346 g/mol. The number of anilines is 1. The van der Waals surface area contributed by atoms with Crippen LogP contribution in [0.5, 0.6) is 0 Å². The summed E-state index contributed by atoms with van der Waals surface area (Å²) >= 11 is 0. The van der Waals surface area contributed by atoms with E-state index in [-0.39, 0.29) is 12.5 Å². The van der Waals surface area contributed by atoms with E-state index in [2.05, 4.69) is 27.0 Å². The molecule has 1 aromatic heterocycles. The normalized spacial score (nSPS) is 20.6. The average molecular weight is 346 g/mol. The average Bonchev–Trinajstić information content (AvgIpc) is 3.16. The van der Waals surface area contributed by atoms with Crippen LogP contribution in [-0.2, 0) is 0 Å². The minimum absolute atomic E-state index is 0.174. The van der Waals surface area contributed by atoms with Gasteiger partial charge in [-0.1, -0.05) is 6.92 Å². The highest BCUT2D eigenvalue weighted by Crippen LogP contribution is 2.18. The molecule has 138 valence electrons. The zero-order valence-corrected chi connectivity index (χ0v) is 15.2. The van der Waals surface area contributed by atoms with Crippen LogP contribution < -0.4 is 10.2 Å². The molecule has 2 fully saturated rings. The topological polar surface area (TPSA) is 68.7 Å². The molecule has 0 bridgehead atoms. The van der Waals surface area contributed by atoms with E-state index in [0.717, 1.165) is 37.9 Å². The molecular weight excluding hydrogens is 316 g/mol. The van der Waals surface area contributed by atoms with Crippen molar-refractivity contribution in [3.05, 3.63) is 23.9 Å². The van der Waals surface area contributed by atoms with Crippen molar-refractivity contribution in [3.63, 3.8) is 0 Å². The molecule has 0 aliphatic carbocycles. The summed E-state index contributed by atoms with van der Waals surface area (Å²) in [5.41, 5.74) is 0.543. The number of nitrogens with one attached hydrogen (secondary N) is 1. The predicted octanol–water partition coefficient (Wildman–Crippen LogP) is 1.50. The lowest BCUT2D eigenvalue weighted by Crippen LogP contribution is -2.43. The molecule has 6 nitrogen and oxygen atoms in total. The maximum Gasteiger partial charge on any atom is 0.252 e. The number of aromatic nitrogens is 1. The third-order valence-corrected chi connectivity index (χ3v) is 5.28. The van der Waals surface area contributed by atoms with Gasteiger partial charge in [-0.2, -0.15) is 0 Å². The molecule has 1 amide bonds. The Kier molecular flexibility index (Phi) is 6.26. The lowest BCUT2D eigenvalue weighted by atomic mass is 9.99. The van der Waals surface area contributed by atoms with Gasteiger partial charge in [-0.3, -0.25) is 4.79 Å². The Morgan fingerprint density at radius 2 is 2.00 bits per heavy atom. The van der Waals surface area contributed by atoms with Gasteiger partial charge in [0, 0.05) is 32.4 Å². The van der Waals surface area contributed by atoms with Gasteiger partial charge in [-0.05, 0) is 56.8 Å². The Morgan fingerprint density at radius 3 is 2.64 bits per heavy atom. The van der Waals surface area contributed by atoms with Crippen LogP contribution in [0.3, 0.4) is 0 Å². The minimum Gasteiger partial charge on any atom is -0.390 e. The fourth-order valence-electron chi connectivity index (χ4n) is 3.57. The Bertz CT molecular complexity index is 549. The van der Waals surface area contributed by atoms with Crippen molar-refractivity contribution in [2.75, 3.05) is 44.2 Å². The second-order valence-electron chi connectivity index (χ2n) is 7.45. The van der Waals surface area contributed by atoms with Crippen molar-refractivity contribution in [1.29, 1.82) is 0 Å². The number of pyridine rings is 1. The second-order valence-corrected chi connectivity index (χ2v) is 7.45. The Morgan fingerprint density at radius 1 is 1.28 bits per heavy atom. The molecule has 25 heavy (non-hydrogen) atoms. The lowest BCUT2D eigenvalue weighted by molar-refractivity contribution is 0.0795. The summed E-state index contributed by atoms with van der Waals surface area (Å²) in [6.07, 6.45) is 5.88. The molecule has 0 radical (unpaired) electrons. The molecule has 3 heterocycles. The van der Waals surface area contributed by atoms with E-state index < -0.39 is 6.10 Å². The molecular formula is C19H30N4O2. The molecule has 1 unspecified atom stereocenters. The van der Waals surface area contributed by atoms with Crippen LogP contribution in [0.25, 0.3) is 0 Å². The van der Waals surface area contributed by atoms with Crippen molar-refractivity contribution in [2.45, 2.75) is 38.7 Å². The number of amides is 1. The van der Waals surface area contributed by atoms with Crippen LogP contribution in [0.1, 0.15) is 43.0 Å². The summed E-state index contributed by atoms with van der Waals surface area (Å²) < 4.78 is 0. The van der Waals surface area contributed by atoms with E-state index in [1.54, 1.807) is 6.20 Å². The summed E-state index contributed by atoms with van der Waals surface area (Å²) in [7, 11) is 0. The van der Waals surface area contributed by atoms with Crippen LogP contribution in [0, 0.1) is 5.92 Å². The number of carbonyl (C=O) groups is 1. The standard InChI is InChI=1S/C19H30N4O2/c1-15-6-10-22(11-7-15)14-17(24)13-21-19(25)16-4-5-18(20-12-16)23-8-2-3-9-23/h4-5,12,15,17,24H,2-3,6-11,13-14H2,1H3,(H,21,25). The van der Waals surface area contributed by atoms with E-state index in [4.69, 9.17) is 0 Å². The highest BCUT2D eigenvalue weighted by Gasteiger charge is 2.19. The van der Waals surface area contributed by atoms with E-state index in [1.165, 1.54) is 25.7 Å². The second kappa shape index (κ2) is 8.63. The molecule has 2 aliphatic rings. The molecule has 2 saturated heterocycles. The van der Waals surface area contributed by atoms with Crippen LogP contribution >= 0.6 is 0 Å². The largest absolute Gasteiger partial charge is 0.390 e. The third-order valence-electron chi connectivity index (χ3n) is 5.28. The molecule has 1 aromatic rings. The van der Waals surface area contributed by atoms with E-state index >= 15 is 0 Å². The first kappa shape index (κ1) is 18.1. The minimum atomic E-state index is -0.533. The first-order valence-corrected chi connectivity index (χ1v) is 9.51. The van der Waals surface area contributed by atoms with Gasteiger partial charge >= 0.3 is 0 Å². The van der Waals surface area contributed by atoms with E-state index in [0.29, 0.717) is 12.1 Å². The predicted molar refractivity (Wildman–Crippen MR) is 98.9 cm³/mol. The number of aliphatic hydroxyl groups excluding tert-OH is 1. The van der Waals surface area contributed by atoms with E-state index in [9.17, 15) is 9.90 Å². The lowest BCUT2D eigenvalue weighted by Gasteiger charge is -2.31. The number of likely N-dealkylation sites (tertiary alicyclic amines) is 1. The van der Waals surface area contributed by atoms with Crippen LogP contribution in [0.2, 0.25) is 0 Å². The number of carbonyl (C=O) groups excluding carboxylic acids is 1. The van der Waals surface area contributed by atoms with Gasteiger partial charge in [0.2, 0.25) is 0 Å². The van der Waals surface area contributed by atoms with Crippen molar-refractivity contribution in [3.8, 4) is 0 Å². The number of nitrogens with zero attached hydrogens (tertiary/aromatic N) is 3. The molecule has 3 rings (SSSR count). The van der Waals surface area contributed by atoms with Gasteiger partial charge in [0.15, 0.2) is 0 Å². The van der Waals surface area contributed by atoms with Gasteiger partial charge in [0.25, 0.3) is 5.91 Å². The number of rotatable bonds is 6. The molecule has 0 saturated carbocycles. The summed E-state index contributed by atoms with van der Waals surface area (Å²) in [6, 6.07) is 3.72. The van der Waals surface area contributed by atoms with Crippen molar-refractivity contribution >= 4 is 11.7 Å². The van der Waals surface area contributed by atoms with E-state index in [1.807, 2.05) is 12.1 Å². The number of β-amino-alcohol motifs (C(OH)–C–C–N with tert-alkyl or cyclic N) is 1. The van der Waals surface area contributed by atoms with Gasteiger partial charge in [-0.25, -0.2) is 4.98 Å². The molecule has 0 spiro atoms. The van der Waals surface area contributed by atoms with Gasteiger partial charge < -0.3 is 20.2 Å². The molecule has 1 atom stereocenters. The maximum absolute atomic E-state index is 12.2. The quantitative estimate of drug-likeness (QED) is 0.817. The molecule has 6 heteroatoms. The zero-order chi connectivity index (χ0) is 17.6. The number of piperidine rings is 1. The number of hydrogen-bond acceptors (Lipinski definition) is 5. The van der Waals surface area contributed by atoms with Gasteiger partial charge in [-0.15, -0.1) is 0 Å². The van der Waals surface area contributed by atoms with Crippen molar-refractivity contribution in [1.82, 2.24) is 15.2 Å². The first-order chi connectivity index (χ1) is 12.1. The third kappa shape index (κ3) is 5.16. The molecule has 0 aromatic carbocycles. The van der Waals surface area contributed by atoms with Gasteiger partial charge in [0.05, 0.1) is 11.7 Å². The zero-order valence-electron chi connectivity index (χ0n) is 15.2. The van der Waals surface area contributed by atoms with Crippen LogP contribution in [-0.4, -0.2) is 66.3 Å². The summed E-state index contributed by atoms with van der Waals surface area (Å²) in [4.78, 5) is 21.2. The number of aliphatic hydroxyl groups is 1. The summed E-state index contributed by atoms with van der Waals surface area (Å²) in [6.45, 7) is 7.33. The maximum atomic E-state index is 12.2. The SMILES string of the molecule is CC1CCN(CC(O)CNC(=O)c2ccc(N3CCCC3)nc2)CC1. The number of hydrogen-bond donors (Lipinski definition) is 2. The van der Waals surface area contributed by atoms with Crippen LogP contribution in [0.4, 0.5) is 5.82 Å². The fraction of sp³-hybridized carbons (Fsp3) is 0.684. The van der Waals surface area contributed by atoms with Gasteiger partial charge in [0.1, 0.15) is 5.82 Å². The Hall–Kier alpha value is -1.66. The smallest absolute Gasteiger partial charge is 0.252 e. The first-order valence-electron chi connectivity index (χ1n) is 9.51. The summed E-state index contributed by atoms with van der Waals surface area (Å²) in [5.74, 6) is 1.55. The van der Waals surface area contributed by atoms with Crippen molar-refractivity contribution in [2.24, 2.45) is 5.92 Å². The fourth-order valence-corrected chi connectivity index (χ4v) is 3.57. The Labute approximate surface area is 150 Å². The Balaban J connectivity index is 1.42. The summed E-state index contributed by atoms with van der Waals surface area (Å²) in [5, 5.41) is 13.0. The molecule has 2 aliphatic heterocycles. The molecule has 2 N–H and O–H groups in total. The highest BCUT2D eigenvalue weighted by atomic mass is 16.3. The highest BCUT2D eigenvalue weighted by molar-refractivity contribution is 5.94.